The van der Waals surface area contributed by atoms with Crippen LogP contribution in [0.1, 0.15) is 40.0 Å². The standard InChI is InChI=1S/C11H25NO2/c1-4-7-12-11(3,10-13)6-9-14-8-5-2/h12-13H,4-10H2,1-3H3. The van der Waals surface area contributed by atoms with Crippen molar-refractivity contribution in [2.45, 2.75) is 45.6 Å². The topological polar surface area (TPSA) is 41.5 Å². The monoisotopic (exact) mass is 203 g/mol. The van der Waals surface area contributed by atoms with E-state index < -0.39 is 0 Å². The Bertz CT molecular complexity index is 130. The van der Waals surface area contributed by atoms with Gasteiger partial charge in [-0.25, -0.2) is 0 Å². The van der Waals surface area contributed by atoms with Gasteiger partial charge < -0.3 is 15.2 Å². The third kappa shape index (κ3) is 6.35. The molecule has 1 unspecified atom stereocenters. The molecule has 3 heteroatoms. The van der Waals surface area contributed by atoms with Crippen molar-refractivity contribution < 1.29 is 9.84 Å². The van der Waals surface area contributed by atoms with Crippen LogP contribution in [0.3, 0.4) is 0 Å². The van der Waals surface area contributed by atoms with E-state index in [9.17, 15) is 5.11 Å². The molecule has 0 aliphatic carbocycles. The van der Waals surface area contributed by atoms with Crippen LogP contribution in [0, 0.1) is 0 Å². The quantitative estimate of drug-likeness (QED) is 0.559. The van der Waals surface area contributed by atoms with Crippen molar-refractivity contribution in [2.24, 2.45) is 0 Å². The predicted octanol–water partition coefficient (Wildman–Crippen LogP) is 1.55. The van der Waals surface area contributed by atoms with E-state index in [1.165, 1.54) is 0 Å². The van der Waals surface area contributed by atoms with Gasteiger partial charge in [-0.05, 0) is 32.7 Å². The highest BCUT2D eigenvalue weighted by molar-refractivity contribution is 4.81. The summed E-state index contributed by atoms with van der Waals surface area (Å²) >= 11 is 0. The number of aliphatic hydroxyl groups is 1. The molecular formula is C11H25NO2. The first-order valence-corrected chi connectivity index (χ1v) is 5.62. The molecule has 0 bridgehead atoms. The van der Waals surface area contributed by atoms with E-state index in [4.69, 9.17) is 4.74 Å². The zero-order valence-electron chi connectivity index (χ0n) is 9.81. The van der Waals surface area contributed by atoms with Crippen LogP contribution in [-0.2, 0) is 4.74 Å². The van der Waals surface area contributed by atoms with Gasteiger partial charge in [0.05, 0.1) is 6.61 Å². The fourth-order valence-electron chi connectivity index (χ4n) is 1.19. The Morgan fingerprint density at radius 2 is 1.93 bits per heavy atom. The molecule has 0 saturated carbocycles. The number of rotatable bonds is 9. The average molecular weight is 203 g/mol. The highest BCUT2D eigenvalue weighted by Crippen LogP contribution is 2.08. The van der Waals surface area contributed by atoms with Gasteiger partial charge in [0, 0.05) is 18.8 Å². The highest BCUT2D eigenvalue weighted by atomic mass is 16.5. The van der Waals surface area contributed by atoms with E-state index in [-0.39, 0.29) is 12.1 Å². The van der Waals surface area contributed by atoms with Crippen LogP contribution in [-0.4, -0.2) is 37.0 Å². The number of nitrogens with one attached hydrogen (secondary N) is 1. The van der Waals surface area contributed by atoms with E-state index in [2.05, 4.69) is 19.2 Å². The van der Waals surface area contributed by atoms with Crippen molar-refractivity contribution in [3.05, 3.63) is 0 Å². The maximum atomic E-state index is 9.25. The zero-order chi connectivity index (χ0) is 10.9. The summed E-state index contributed by atoms with van der Waals surface area (Å²) in [5, 5.41) is 12.6. The van der Waals surface area contributed by atoms with Crippen LogP contribution in [0.15, 0.2) is 0 Å². The second-order valence-corrected chi connectivity index (χ2v) is 4.01. The molecule has 0 amide bonds. The minimum absolute atomic E-state index is 0.169. The Hall–Kier alpha value is -0.120. The van der Waals surface area contributed by atoms with Crippen molar-refractivity contribution in [1.82, 2.24) is 5.32 Å². The van der Waals surface area contributed by atoms with E-state index in [1.807, 2.05) is 6.92 Å². The third-order valence-electron chi connectivity index (χ3n) is 2.30. The fourth-order valence-corrected chi connectivity index (χ4v) is 1.19. The van der Waals surface area contributed by atoms with Crippen LogP contribution in [0.5, 0.6) is 0 Å². The molecule has 0 aliphatic rings. The molecule has 1 atom stereocenters. The summed E-state index contributed by atoms with van der Waals surface area (Å²) in [6.45, 7) is 8.92. The lowest BCUT2D eigenvalue weighted by atomic mass is 9.99. The Labute approximate surface area is 87.8 Å². The summed E-state index contributed by atoms with van der Waals surface area (Å²) in [7, 11) is 0. The minimum atomic E-state index is -0.177. The first kappa shape index (κ1) is 13.9. The van der Waals surface area contributed by atoms with Crippen LogP contribution in [0.2, 0.25) is 0 Å². The predicted molar refractivity (Wildman–Crippen MR) is 59.5 cm³/mol. The molecule has 0 aromatic heterocycles. The molecule has 86 valence electrons. The zero-order valence-corrected chi connectivity index (χ0v) is 9.81. The average Bonchev–Trinajstić information content (AvgIpc) is 2.22. The molecule has 0 aromatic rings. The molecule has 0 fully saturated rings. The first-order valence-electron chi connectivity index (χ1n) is 5.62. The lowest BCUT2D eigenvalue weighted by Gasteiger charge is -2.28. The summed E-state index contributed by atoms with van der Waals surface area (Å²) in [4.78, 5) is 0. The van der Waals surface area contributed by atoms with Crippen LogP contribution >= 0.6 is 0 Å². The molecule has 0 saturated heterocycles. The second kappa shape index (κ2) is 8.21. The number of hydrogen-bond acceptors (Lipinski definition) is 3. The van der Waals surface area contributed by atoms with Gasteiger partial charge in [-0.3, -0.25) is 0 Å². The third-order valence-corrected chi connectivity index (χ3v) is 2.30. The molecule has 0 heterocycles. The Morgan fingerprint density at radius 1 is 1.21 bits per heavy atom. The van der Waals surface area contributed by atoms with Crippen LogP contribution in [0.25, 0.3) is 0 Å². The molecule has 0 aromatic carbocycles. The van der Waals surface area contributed by atoms with E-state index in [1.54, 1.807) is 0 Å². The Morgan fingerprint density at radius 3 is 2.43 bits per heavy atom. The van der Waals surface area contributed by atoms with Gasteiger partial charge in [0.2, 0.25) is 0 Å². The number of aliphatic hydroxyl groups excluding tert-OH is 1. The SMILES string of the molecule is CCCNC(C)(CO)CCOCCC. The summed E-state index contributed by atoms with van der Waals surface area (Å²) < 4.78 is 5.41. The molecule has 0 spiro atoms. The lowest BCUT2D eigenvalue weighted by molar-refractivity contribution is 0.0873. The van der Waals surface area contributed by atoms with Crippen molar-refractivity contribution in [1.29, 1.82) is 0 Å². The summed E-state index contributed by atoms with van der Waals surface area (Å²) in [6, 6.07) is 0. The van der Waals surface area contributed by atoms with Gasteiger partial charge in [-0.15, -0.1) is 0 Å². The maximum Gasteiger partial charge on any atom is 0.0611 e. The van der Waals surface area contributed by atoms with E-state index >= 15 is 0 Å². The normalized spacial score (nSPS) is 15.4. The molecule has 0 rings (SSSR count). The maximum absolute atomic E-state index is 9.25. The first-order chi connectivity index (χ1) is 6.68. The van der Waals surface area contributed by atoms with Gasteiger partial charge in [0.1, 0.15) is 0 Å². The molecular weight excluding hydrogens is 178 g/mol. The van der Waals surface area contributed by atoms with Gasteiger partial charge >= 0.3 is 0 Å². The Kier molecular flexibility index (Phi) is 8.14. The van der Waals surface area contributed by atoms with Gasteiger partial charge in [0.25, 0.3) is 0 Å². The molecule has 3 nitrogen and oxygen atoms in total. The van der Waals surface area contributed by atoms with Crippen LogP contribution in [0.4, 0.5) is 0 Å². The number of ether oxygens (including phenoxy) is 1. The lowest BCUT2D eigenvalue weighted by Crippen LogP contribution is -2.46. The van der Waals surface area contributed by atoms with Crippen molar-refractivity contribution in [2.75, 3.05) is 26.4 Å². The van der Waals surface area contributed by atoms with E-state index in [0.29, 0.717) is 0 Å². The van der Waals surface area contributed by atoms with E-state index in [0.717, 1.165) is 39.0 Å². The summed E-state index contributed by atoms with van der Waals surface area (Å²) in [6.07, 6.45) is 3.01. The summed E-state index contributed by atoms with van der Waals surface area (Å²) in [5.41, 5.74) is -0.177. The number of hydrogen-bond donors (Lipinski definition) is 2. The van der Waals surface area contributed by atoms with Gasteiger partial charge in [0.15, 0.2) is 0 Å². The van der Waals surface area contributed by atoms with Gasteiger partial charge in [-0.2, -0.15) is 0 Å². The largest absolute Gasteiger partial charge is 0.394 e. The Balaban J connectivity index is 3.63. The minimum Gasteiger partial charge on any atom is -0.394 e. The van der Waals surface area contributed by atoms with Crippen molar-refractivity contribution in [3.8, 4) is 0 Å². The smallest absolute Gasteiger partial charge is 0.0611 e. The molecule has 0 radical (unpaired) electrons. The second-order valence-electron chi connectivity index (χ2n) is 4.01. The molecule has 14 heavy (non-hydrogen) atoms. The molecule has 2 N–H and O–H groups in total. The van der Waals surface area contributed by atoms with Gasteiger partial charge in [-0.1, -0.05) is 13.8 Å². The van der Waals surface area contributed by atoms with Crippen molar-refractivity contribution >= 4 is 0 Å². The highest BCUT2D eigenvalue weighted by Gasteiger charge is 2.21. The molecule has 0 aliphatic heterocycles. The van der Waals surface area contributed by atoms with Crippen molar-refractivity contribution in [3.63, 3.8) is 0 Å². The summed E-state index contributed by atoms with van der Waals surface area (Å²) in [5.74, 6) is 0. The fraction of sp³-hybridized carbons (Fsp3) is 1.00. The van der Waals surface area contributed by atoms with Crippen LogP contribution < -0.4 is 5.32 Å².